The number of amides is 1. The van der Waals surface area contributed by atoms with Gasteiger partial charge in [-0.15, -0.1) is 0 Å². The van der Waals surface area contributed by atoms with Gasteiger partial charge in [0.2, 0.25) is 5.91 Å². The van der Waals surface area contributed by atoms with Crippen LogP contribution < -0.4 is 16.1 Å². The molecular weight excluding hydrogens is 382 g/mol. The Morgan fingerprint density at radius 3 is 2.23 bits per heavy atom. The van der Waals surface area contributed by atoms with E-state index in [4.69, 9.17) is 0 Å². The summed E-state index contributed by atoms with van der Waals surface area (Å²) in [5, 5.41) is 0. The van der Waals surface area contributed by atoms with Gasteiger partial charge in [0.05, 0.1) is 6.33 Å². The monoisotopic (exact) mass is 411 g/mol. The van der Waals surface area contributed by atoms with Gasteiger partial charge in [0.25, 0.3) is 5.56 Å². The minimum Gasteiger partial charge on any atom is -0.324 e. The lowest BCUT2D eigenvalue weighted by atomic mass is 10.2. The number of anilines is 1. The van der Waals surface area contributed by atoms with Gasteiger partial charge in [-0.05, 0) is 24.0 Å². The van der Waals surface area contributed by atoms with Crippen molar-refractivity contribution < 1.29 is 4.79 Å². The molecule has 0 N–H and O–H groups in total. The quantitative estimate of drug-likeness (QED) is 0.598. The van der Waals surface area contributed by atoms with Crippen LogP contribution in [0.3, 0.4) is 0 Å². The first-order chi connectivity index (χ1) is 14.2. The molecule has 0 aliphatic carbocycles. The highest BCUT2D eigenvalue weighted by Gasteiger charge is 2.22. The summed E-state index contributed by atoms with van der Waals surface area (Å²) in [5.41, 5.74) is 0.441. The Morgan fingerprint density at radius 1 is 1.00 bits per heavy atom. The largest absolute Gasteiger partial charge is 0.333 e. The molecule has 1 amide bonds. The minimum absolute atomic E-state index is 0.176. The number of fused-ring (bicyclic) bond motifs is 1. The van der Waals surface area contributed by atoms with Crippen LogP contribution in [0.5, 0.6) is 0 Å². The van der Waals surface area contributed by atoms with Gasteiger partial charge < -0.3 is 9.47 Å². The molecule has 2 aromatic heterocycles. The molecule has 3 aromatic rings. The van der Waals surface area contributed by atoms with Gasteiger partial charge in [0.15, 0.2) is 11.2 Å². The fraction of sp³-hybridized carbons (Fsp3) is 0.455. The summed E-state index contributed by atoms with van der Waals surface area (Å²) in [6.45, 7) is 8.77. The maximum Gasteiger partial charge on any atom is 0.333 e. The van der Waals surface area contributed by atoms with Crippen molar-refractivity contribution >= 4 is 22.8 Å². The average molecular weight is 412 g/mol. The number of nitrogens with zero attached hydrogens (tertiary/aromatic N) is 5. The first-order valence-corrected chi connectivity index (χ1v) is 10.2. The van der Waals surface area contributed by atoms with Crippen LogP contribution in [0.4, 0.5) is 5.69 Å². The van der Waals surface area contributed by atoms with Crippen molar-refractivity contribution in [1.29, 1.82) is 0 Å². The standard InChI is InChI=1S/C22H29N5O3/c1-15(2)11-25-14-23-20-19(25)21(29)27(22(30)26(20)12-16(3)4)13-18(28)24(5)17-9-7-6-8-10-17/h6-10,14-16H,11-13H2,1-5H3. The first-order valence-electron chi connectivity index (χ1n) is 10.2. The molecule has 8 heteroatoms. The molecule has 0 aliphatic rings. The minimum atomic E-state index is -0.509. The molecule has 0 saturated heterocycles. The number of rotatable bonds is 7. The Balaban J connectivity index is 2.12. The second kappa shape index (κ2) is 8.69. The third kappa shape index (κ3) is 4.22. The molecule has 160 valence electrons. The molecule has 0 bridgehead atoms. The van der Waals surface area contributed by atoms with E-state index in [2.05, 4.69) is 4.98 Å². The normalized spacial score (nSPS) is 11.6. The lowest BCUT2D eigenvalue weighted by Crippen LogP contribution is -2.45. The van der Waals surface area contributed by atoms with Crippen molar-refractivity contribution in [1.82, 2.24) is 18.7 Å². The van der Waals surface area contributed by atoms with E-state index in [9.17, 15) is 14.4 Å². The topological polar surface area (TPSA) is 82.1 Å². The molecular formula is C22H29N5O3. The summed E-state index contributed by atoms with van der Waals surface area (Å²) >= 11 is 0. The molecule has 0 unspecified atom stereocenters. The van der Waals surface area contributed by atoms with Crippen molar-refractivity contribution in [2.24, 2.45) is 11.8 Å². The summed E-state index contributed by atoms with van der Waals surface area (Å²) in [4.78, 5) is 45.1. The molecule has 0 aliphatic heterocycles. The third-order valence-corrected chi connectivity index (χ3v) is 4.90. The number of carbonyl (C=O) groups excluding carboxylic acids is 1. The van der Waals surface area contributed by atoms with Crippen LogP contribution in [0.2, 0.25) is 0 Å². The Hall–Kier alpha value is -3.16. The Kier molecular flexibility index (Phi) is 6.24. The van der Waals surface area contributed by atoms with E-state index in [1.165, 1.54) is 9.47 Å². The molecule has 3 rings (SSSR count). The van der Waals surface area contributed by atoms with E-state index in [1.807, 2.05) is 45.9 Å². The van der Waals surface area contributed by atoms with Crippen molar-refractivity contribution in [3.05, 3.63) is 57.5 Å². The van der Waals surface area contributed by atoms with Crippen LogP contribution in [0.15, 0.2) is 46.2 Å². The predicted molar refractivity (Wildman–Crippen MR) is 118 cm³/mol. The van der Waals surface area contributed by atoms with Crippen molar-refractivity contribution in [2.75, 3.05) is 11.9 Å². The molecule has 1 aromatic carbocycles. The van der Waals surface area contributed by atoms with Crippen molar-refractivity contribution in [2.45, 2.75) is 47.3 Å². The summed E-state index contributed by atoms with van der Waals surface area (Å²) in [7, 11) is 1.64. The summed E-state index contributed by atoms with van der Waals surface area (Å²) in [5.74, 6) is 0.132. The van der Waals surface area contributed by atoms with Gasteiger partial charge in [-0.25, -0.2) is 14.3 Å². The highest BCUT2D eigenvalue weighted by atomic mass is 16.2. The predicted octanol–water partition coefficient (Wildman–Crippen LogP) is 2.33. The van der Waals surface area contributed by atoms with Crippen LogP contribution in [-0.4, -0.2) is 31.6 Å². The number of benzene rings is 1. The van der Waals surface area contributed by atoms with Crippen LogP contribution >= 0.6 is 0 Å². The van der Waals surface area contributed by atoms with E-state index >= 15 is 0 Å². The maximum absolute atomic E-state index is 13.3. The van der Waals surface area contributed by atoms with E-state index < -0.39 is 11.2 Å². The number of carbonyl (C=O) groups is 1. The van der Waals surface area contributed by atoms with Gasteiger partial charge >= 0.3 is 5.69 Å². The molecule has 30 heavy (non-hydrogen) atoms. The van der Waals surface area contributed by atoms with E-state index in [0.29, 0.717) is 35.9 Å². The number of hydrogen-bond donors (Lipinski definition) is 0. The summed E-state index contributed by atoms with van der Waals surface area (Å²) < 4.78 is 4.32. The van der Waals surface area contributed by atoms with Crippen LogP contribution in [0.25, 0.3) is 11.2 Å². The maximum atomic E-state index is 13.3. The van der Waals surface area contributed by atoms with Gasteiger partial charge in [-0.3, -0.25) is 14.2 Å². The lowest BCUT2D eigenvalue weighted by molar-refractivity contribution is -0.119. The zero-order valence-electron chi connectivity index (χ0n) is 18.2. The van der Waals surface area contributed by atoms with Crippen molar-refractivity contribution in [3.63, 3.8) is 0 Å². The van der Waals surface area contributed by atoms with Crippen LogP contribution in [-0.2, 0) is 24.4 Å². The zero-order chi connectivity index (χ0) is 22.0. The second-order valence-electron chi connectivity index (χ2n) is 8.43. The molecule has 0 saturated carbocycles. The number of hydrogen-bond acceptors (Lipinski definition) is 4. The molecule has 0 radical (unpaired) electrons. The van der Waals surface area contributed by atoms with Crippen molar-refractivity contribution in [3.8, 4) is 0 Å². The summed E-state index contributed by atoms with van der Waals surface area (Å²) in [6, 6.07) is 9.13. The third-order valence-electron chi connectivity index (χ3n) is 4.90. The summed E-state index contributed by atoms with van der Waals surface area (Å²) in [6.07, 6.45) is 1.60. The van der Waals surface area contributed by atoms with Crippen LogP contribution in [0, 0.1) is 11.8 Å². The number of imidazole rings is 1. The van der Waals surface area contributed by atoms with Gasteiger partial charge in [-0.2, -0.15) is 0 Å². The van der Waals surface area contributed by atoms with Gasteiger partial charge in [-0.1, -0.05) is 45.9 Å². The lowest BCUT2D eigenvalue weighted by Gasteiger charge is -2.19. The van der Waals surface area contributed by atoms with E-state index in [-0.39, 0.29) is 18.4 Å². The number of aromatic nitrogens is 4. The highest BCUT2D eigenvalue weighted by Crippen LogP contribution is 2.13. The fourth-order valence-corrected chi connectivity index (χ4v) is 3.48. The second-order valence-corrected chi connectivity index (χ2v) is 8.43. The SMILES string of the molecule is CC(C)Cn1cnc2c1c(=O)n(CC(=O)N(C)c1ccccc1)c(=O)n2CC(C)C. The molecule has 0 fully saturated rings. The number of para-hydroxylation sites is 1. The van der Waals surface area contributed by atoms with Crippen LogP contribution in [0.1, 0.15) is 27.7 Å². The highest BCUT2D eigenvalue weighted by molar-refractivity contribution is 5.92. The average Bonchev–Trinajstić information content (AvgIpc) is 3.11. The fourth-order valence-electron chi connectivity index (χ4n) is 3.48. The van der Waals surface area contributed by atoms with Gasteiger partial charge in [0.1, 0.15) is 6.54 Å². The zero-order valence-corrected chi connectivity index (χ0v) is 18.2. The van der Waals surface area contributed by atoms with E-state index in [0.717, 1.165) is 4.57 Å². The Labute approximate surface area is 175 Å². The molecule has 2 heterocycles. The van der Waals surface area contributed by atoms with Gasteiger partial charge in [0, 0.05) is 25.8 Å². The number of likely N-dealkylation sites (N-methyl/N-ethyl adjacent to an activating group) is 1. The Morgan fingerprint density at radius 2 is 1.63 bits per heavy atom. The molecule has 8 nitrogen and oxygen atoms in total. The molecule has 0 atom stereocenters. The Bertz CT molecular complexity index is 1160. The first kappa shape index (κ1) is 21.5. The van der Waals surface area contributed by atoms with E-state index in [1.54, 1.807) is 30.1 Å². The smallest absolute Gasteiger partial charge is 0.324 e. The molecule has 0 spiro atoms.